The summed E-state index contributed by atoms with van der Waals surface area (Å²) in [6, 6.07) is 3.90. The molecule has 0 bridgehead atoms. The van der Waals surface area contributed by atoms with Crippen LogP contribution in [0.25, 0.3) is 0 Å². The summed E-state index contributed by atoms with van der Waals surface area (Å²) in [5.41, 5.74) is 2.13. The maximum atomic E-state index is 6.10. The van der Waals surface area contributed by atoms with Gasteiger partial charge in [0.25, 0.3) is 0 Å². The zero-order valence-corrected chi connectivity index (χ0v) is 11.6. The molecule has 19 heavy (non-hydrogen) atoms. The molecule has 2 heterocycles. The van der Waals surface area contributed by atoms with Gasteiger partial charge >= 0.3 is 0 Å². The standard InChI is InChI=1S/C13H17ClN4O/c1-19-7-6-16-8-12-3-5-17-18(12)10-11-2-4-15-9-13(11)14/h2-5,9,16H,6-8,10H2,1H3. The molecule has 2 aromatic rings. The highest BCUT2D eigenvalue weighted by molar-refractivity contribution is 6.31. The first kappa shape index (κ1) is 14.0. The van der Waals surface area contributed by atoms with Gasteiger partial charge in [-0.2, -0.15) is 5.10 Å². The van der Waals surface area contributed by atoms with Crippen molar-refractivity contribution in [3.8, 4) is 0 Å². The van der Waals surface area contributed by atoms with E-state index >= 15 is 0 Å². The van der Waals surface area contributed by atoms with E-state index in [0.29, 0.717) is 18.2 Å². The van der Waals surface area contributed by atoms with Gasteiger partial charge in [0.15, 0.2) is 0 Å². The molecule has 0 spiro atoms. The highest BCUT2D eigenvalue weighted by Crippen LogP contribution is 2.15. The Bertz CT molecular complexity index is 515. The van der Waals surface area contributed by atoms with Crippen LogP contribution in [0.15, 0.2) is 30.7 Å². The molecular formula is C13H17ClN4O. The van der Waals surface area contributed by atoms with Gasteiger partial charge in [0.05, 0.1) is 23.9 Å². The molecule has 0 unspecified atom stereocenters. The van der Waals surface area contributed by atoms with E-state index < -0.39 is 0 Å². The second kappa shape index (κ2) is 7.23. The maximum Gasteiger partial charge on any atom is 0.0678 e. The van der Waals surface area contributed by atoms with Crippen LogP contribution in [0.3, 0.4) is 0 Å². The summed E-state index contributed by atoms with van der Waals surface area (Å²) in [5.74, 6) is 0. The number of methoxy groups -OCH3 is 1. The van der Waals surface area contributed by atoms with E-state index in [4.69, 9.17) is 16.3 Å². The van der Waals surface area contributed by atoms with Crippen molar-refractivity contribution >= 4 is 11.6 Å². The van der Waals surface area contributed by atoms with Crippen molar-refractivity contribution < 1.29 is 4.74 Å². The number of pyridine rings is 1. The monoisotopic (exact) mass is 280 g/mol. The molecular weight excluding hydrogens is 264 g/mol. The van der Waals surface area contributed by atoms with E-state index in [2.05, 4.69) is 15.4 Å². The van der Waals surface area contributed by atoms with Crippen molar-refractivity contribution in [1.82, 2.24) is 20.1 Å². The third-order valence-electron chi connectivity index (χ3n) is 2.77. The van der Waals surface area contributed by atoms with Gasteiger partial charge < -0.3 is 10.1 Å². The molecule has 1 N–H and O–H groups in total. The summed E-state index contributed by atoms with van der Waals surface area (Å²) in [6.45, 7) is 2.92. The minimum absolute atomic E-state index is 0.648. The van der Waals surface area contributed by atoms with Crippen molar-refractivity contribution in [2.75, 3.05) is 20.3 Å². The lowest BCUT2D eigenvalue weighted by atomic mass is 10.2. The SMILES string of the molecule is COCCNCc1ccnn1Cc1ccncc1Cl. The van der Waals surface area contributed by atoms with Crippen LogP contribution in [0.4, 0.5) is 0 Å². The Hall–Kier alpha value is -1.43. The molecule has 0 aliphatic heterocycles. The highest BCUT2D eigenvalue weighted by atomic mass is 35.5. The molecule has 6 heteroatoms. The Kier molecular flexibility index (Phi) is 5.32. The Balaban J connectivity index is 1.98. The van der Waals surface area contributed by atoms with E-state index in [0.717, 1.165) is 24.3 Å². The fourth-order valence-electron chi connectivity index (χ4n) is 1.74. The molecule has 0 saturated heterocycles. The number of hydrogen-bond donors (Lipinski definition) is 1. The molecule has 0 atom stereocenters. The number of hydrogen-bond acceptors (Lipinski definition) is 4. The van der Waals surface area contributed by atoms with Crippen LogP contribution in [0.1, 0.15) is 11.3 Å². The van der Waals surface area contributed by atoms with Gasteiger partial charge in [0.2, 0.25) is 0 Å². The van der Waals surface area contributed by atoms with Crippen molar-refractivity contribution in [2.45, 2.75) is 13.1 Å². The minimum Gasteiger partial charge on any atom is -0.383 e. The highest BCUT2D eigenvalue weighted by Gasteiger charge is 2.05. The summed E-state index contributed by atoms with van der Waals surface area (Å²) in [5, 5.41) is 8.28. The molecule has 2 aromatic heterocycles. The minimum atomic E-state index is 0.648. The Labute approximate surface area is 117 Å². The molecule has 0 radical (unpaired) electrons. The van der Waals surface area contributed by atoms with Crippen LogP contribution >= 0.6 is 11.6 Å². The Morgan fingerprint density at radius 1 is 1.37 bits per heavy atom. The average molecular weight is 281 g/mol. The molecule has 0 aromatic carbocycles. The molecule has 5 nitrogen and oxygen atoms in total. The van der Waals surface area contributed by atoms with E-state index in [1.807, 2.05) is 16.8 Å². The normalized spacial score (nSPS) is 10.8. The summed E-state index contributed by atoms with van der Waals surface area (Å²) in [7, 11) is 1.69. The first-order valence-corrected chi connectivity index (χ1v) is 6.48. The second-order valence-corrected chi connectivity index (χ2v) is 4.52. The van der Waals surface area contributed by atoms with Gasteiger partial charge in [-0.05, 0) is 17.7 Å². The molecule has 2 rings (SSSR count). The van der Waals surface area contributed by atoms with Gasteiger partial charge in [-0.15, -0.1) is 0 Å². The molecule has 0 aliphatic carbocycles. The Morgan fingerprint density at radius 3 is 3.05 bits per heavy atom. The fourth-order valence-corrected chi connectivity index (χ4v) is 1.92. The molecule has 102 valence electrons. The van der Waals surface area contributed by atoms with Crippen molar-refractivity contribution in [3.63, 3.8) is 0 Å². The van der Waals surface area contributed by atoms with E-state index in [-0.39, 0.29) is 0 Å². The van der Waals surface area contributed by atoms with Gasteiger partial charge in [-0.3, -0.25) is 9.67 Å². The van der Waals surface area contributed by atoms with Gasteiger partial charge in [-0.1, -0.05) is 11.6 Å². The zero-order valence-electron chi connectivity index (χ0n) is 10.8. The Morgan fingerprint density at radius 2 is 2.26 bits per heavy atom. The summed E-state index contributed by atoms with van der Waals surface area (Å²) < 4.78 is 6.93. The van der Waals surface area contributed by atoms with E-state index in [1.54, 1.807) is 25.7 Å². The number of rotatable bonds is 7. The van der Waals surface area contributed by atoms with E-state index in [1.165, 1.54) is 0 Å². The lowest BCUT2D eigenvalue weighted by Gasteiger charge is -2.09. The summed E-state index contributed by atoms with van der Waals surface area (Å²) in [6.07, 6.45) is 5.18. The second-order valence-electron chi connectivity index (χ2n) is 4.12. The van der Waals surface area contributed by atoms with Gasteiger partial charge in [0.1, 0.15) is 0 Å². The third-order valence-corrected chi connectivity index (χ3v) is 3.11. The molecule has 0 aliphatic rings. The van der Waals surface area contributed by atoms with Crippen LogP contribution in [0.5, 0.6) is 0 Å². The third kappa shape index (κ3) is 4.02. The summed E-state index contributed by atoms with van der Waals surface area (Å²) >= 11 is 6.10. The predicted octanol–water partition coefficient (Wildman–Crippen LogP) is 1.72. The average Bonchev–Trinajstić information content (AvgIpc) is 2.85. The van der Waals surface area contributed by atoms with Crippen LogP contribution in [-0.2, 0) is 17.8 Å². The predicted molar refractivity (Wildman–Crippen MR) is 74.2 cm³/mol. The fraction of sp³-hybridized carbons (Fsp3) is 0.385. The molecule has 0 fully saturated rings. The van der Waals surface area contributed by atoms with Crippen LogP contribution in [0, 0.1) is 0 Å². The van der Waals surface area contributed by atoms with Crippen molar-refractivity contribution in [1.29, 1.82) is 0 Å². The lowest BCUT2D eigenvalue weighted by Crippen LogP contribution is -2.21. The zero-order chi connectivity index (χ0) is 13.5. The quantitative estimate of drug-likeness (QED) is 0.785. The largest absolute Gasteiger partial charge is 0.383 e. The topological polar surface area (TPSA) is 52.0 Å². The number of halogens is 1. The van der Waals surface area contributed by atoms with Crippen LogP contribution in [-0.4, -0.2) is 35.0 Å². The van der Waals surface area contributed by atoms with Gasteiger partial charge in [0, 0.05) is 38.8 Å². The van der Waals surface area contributed by atoms with Crippen molar-refractivity contribution in [2.24, 2.45) is 0 Å². The first-order valence-electron chi connectivity index (χ1n) is 6.10. The van der Waals surface area contributed by atoms with Crippen LogP contribution in [0.2, 0.25) is 5.02 Å². The first-order chi connectivity index (χ1) is 9.31. The molecule has 0 saturated carbocycles. The number of ether oxygens (including phenoxy) is 1. The van der Waals surface area contributed by atoms with Crippen molar-refractivity contribution in [3.05, 3.63) is 47.0 Å². The van der Waals surface area contributed by atoms with Crippen LogP contribution < -0.4 is 5.32 Å². The summed E-state index contributed by atoms with van der Waals surface area (Å²) in [4.78, 5) is 3.98. The van der Waals surface area contributed by atoms with E-state index in [9.17, 15) is 0 Å². The smallest absolute Gasteiger partial charge is 0.0678 e. The lowest BCUT2D eigenvalue weighted by molar-refractivity contribution is 0.199. The van der Waals surface area contributed by atoms with Gasteiger partial charge in [-0.25, -0.2) is 0 Å². The number of aromatic nitrogens is 3. The maximum absolute atomic E-state index is 6.10. The molecule has 0 amide bonds. The number of nitrogens with one attached hydrogen (secondary N) is 1. The number of nitrogens with zero attached hydrogens (tertiary/aromatic N) is 3.